The topological polar surface area (TPSA) is 36.9 Å². The molecule has 16 rings (SSSR count). The Morgan fingerprint density at radius 2 is 0.700 bits per heavy atom. The summed E-state index contributed by atoms with van der Waals surface area (Å²) in [6.07, 6.45) is 4.94. The van der Waals surface area contributed by atoms with Gasteiger partial charge in [-0.15, -0.1) is 0 Å². The number of halogens is 2. The Labute approximate surface area is 368 Å². The fraction of sp³-hybridized carbons (Fsp3) is 0.333. The standard InChI is InChI=1S/2C27H23BrO2/c2*28-21-15-13-18(14-16-21)25-22-12-7-17-29-27(22)26(23(25)24(25)30-27,19-8-3-1-4-9-19)20-10-5-2-6-11-20/h2*1-6,8-11,13-16,22-24H,7,12,17H2/t2*22-,23+,24-,25+,27-/m10/s1. The minimum absolute atomic E-state index is 0.0345. The Morgan fingerprint density at radius 1 is 0.383 bits per heavy atom. The molecule has 0 N–H and O–H groups in total. The highest BCUT2D eigenvalue weighted by molar-refractivity contribution is 9.10. The molecule has 10 fully saturated rings. The van der Waals surface area contributed by atoms with Crippen LogP contribution in [0.15, 0.2) is 179 Å². The molecule has 6 saturated heterocycles. The van der Waals surface area contributed by atoms with Crippen molar-refractivity contribution >= 4 is 31.9 Å². The smallest absolute Gasteiger partial charge is 0.186 e. The van der Waals surface area contributed by atoms with E-state index in [1.807, 2.05) is 0 Å². The lowest BCUT2D eigenvalue weighted by Gasteiger charge is -2.47. The van der Waals surface area contributed by atoms with E-state index in [-0.39, 0.29) is 33.9 Å². The summed E-state index contributed by atoms with van der Waals surface area (Å²) in [4.78, 5) is 0. The van der Waals surface area contributed by atoms with Gasteiger partial charge in [-0.3, -0.25) is 0 Å². The molecule has 60 heavy (non-hydrogen) atoms. The van der Waals surface area contributed by atoms with E-state index in [4.69, 9.17) is 18.9 Å². The summed E-state index contributed by atoms with van der Waals surface area (Å²) in [6.45, 7) is 1.54. The number of ether oxygens (including phenoxy) is 4. The maximum Gasteiger partial charge on any atom is 0.186 e. The van der Waals surface area contributed by atoms with Gasteiger partial charge in [0.15, 0.2) is 11.6 Å². The van der Waals surface area contributed by atoms with Crippen LogP contribution < -0.4 is 0 Å². The van der Waals surface area contributed by atoms with Gasteiger partial charge in [0.05, 0.1) is 36.3 Å². The number of hydrogen-bond donors (Lipinski definition) is 0. The van der Waals surface area contributed by atoms with Crippen molar-refractivity contribution in [3.63, 3.8) is 0 Å². The van der Waals surface area contributed by atoms with Crippen LogP contribution in [0.5, 0.6) is 0 Å². The van der Waals surface area contributed by atoms with E-state index in [9.17, 15) is 0 Å². The van der Waals surface area contributed by atoms with Crippen molar-refractivity contribution in [2.24, 2.45) is 23.7 Å². The average Bonchev–Trinajstić information content (AvgIpc) is 3.72. The number of rotatable bonds is 6. The first-order valence-electron chi connectivity index (χ1n) is 21.9. The lowest BCUT2D eigenvalue weighted by atomic mass is 9.65. The van der Waals surface area contributed by atoms with Gasteiger partial charge in [-0.1, -0.05) is 177 Å². The van der Waals surface area contributed by atoms with Crippen molar-refractivity contribution in [2.45, 2.75) is 71.1 Å². The Balaban J connectivity index is 0.000000123. The van der Waals surface area contributed by atoms with E-state index in [1.54, 1.807) is 0 Å². The Morgan fingerprint density at radius 3 is 1.02 bits per heavy atom. The molecule has 10 atom stereocenters. The Hall–Kier alpha value is -3.88. The SMILES string of the molecule is Brc1ccc([C@@]23[C@H]4O[C@]5(OCCC[C@@H]25)C(c2ccccc2)(c2ccccc2)[C@H]43)cc1.Brc1ccc([C@]23[C@@H]4O[C@@]5(OCCC[C@H]25)C(c2ccccc2)(c2ccccc2)[C@@H]43)cc1. The van der Waals surface area contributed by atoms with Gasteiger partial charge < -0.3 is 18.9 Å². The molecule has 0 aromatic heterocycles. The molecule has 6 aromatic rings. The fourth-order valence-electron chi connectivity index (χ4n) is 15.0. The maximum absolute atomic E-state index is 6.98. The van der Waals surface area contributed by atoms with E-state index in [1.165, 1.54) is 33.4 Å². The maximum atomic E-state index is 6.98. The molecule has 6 aliphatic heterocycles. The van der Waals surface area contributed by atoms with Crippen LogP contribution in [0.25, 0.3) is 0 Å². The first kappa shape index (κ1) is 36.7. The van der Waals surface area contributed by atoms with Crippen LogP contribution in [-0.2, 0) is 40.6 Å². The van der Waals surface area contributed by atoms with Gasteiger partial charge in [0, 0.05) is 43.4 Å². The molecule has 0 amide bonds. The van der Waals surface area contributed by atoms with Crippen LogP contribution in [0.3, 0.4) is 0 Å². The van der Waals surface area contributed by atoms with Crippen molar-refractivity contribution in [1.82, 2.24) is 0 Å². The van der Waals surface area contributed by atoms with Crippen molar-refractivity contribution in [1.29, 1.82) is 0 Å². The van der Waals surface area contributed by atoms with Crippen molar-refractivity contribution < 1.29 is 18.9 Å². The normalized spacial score (nSPS) is 37.0. The van der Waals surface area contributed by atoms with Crippen LogP contribution in [0.2, 0.25) is 0 Å². The van der Waals surface area contributed by atoms with Gasteiger partial charge in [0.25, 0.3) is 0 Å². The van der Waals surface area contributed by atoms with Crippen molar-refractivity contribution in [2.75, 3.05) is 13.2 Å². The number of hydrogen-bond acceptors (Lipinski definition) is 4. The second-order valence-corrected chi connectivity index (χ2v) is 20.2. The van der Waals surface area contributed by atoms with E-state index in [0.29, 0.717) is 23.7 Å². The average molecular weight is 919 g/mol. The number of benzene rings is 6. The molecule has 4 aliphatic carbocycles. The zero-order valence-corrected chi connectivity index (χ0v) is 36.4. The largest absolute Gasteiger partial charge is 0.348 e. The van der Waals surface area contributed by atoms with E-state index < -0.39 is 11.6 Å². The van der Waals surface area contributed by atoms with Gasteiger partial charge in [0.1, 0.15) is 0 Å². The molecule has 4 saturated carbocycles. The summed E-state index contributed by atoms with van der Waals surface area (Å²) in [7, 11) is 0. The van der Waals surface area contributed by atoms with Crippen LogP contribution in [0.1, 0.15) is 59.1 Å². The first-order chi connectivity index (χ1) is 29.5. The van der Waals surface area contributed by atoms with Crippen molar-refractivity contribution in [3.05, 3.63) is 212 Å². The van der Waals surface area contributed by atoms with E-state index in [2.05, 4.69) is 202 Å². The minimum atomic E-state index is -0.587. The molecule has 6 heteroatoms. The zero-order valence-electron chi connectivity index (χ0n) is 33.3. The molecule has 4 nitrogen and oxygen atoms in total. The van der Waals surface area contributed by atoms with Gasteiger partial charge in [-0.25, -0.2) is 0 Å². The molecule has 6 heterocycles. The second-order valence-electron chi connectivity index (χ2n) is 18.4. The molecular formula is C54H46Br2O4. The van der Waals surface area contributed by atoms with Crippen LogP contribution in [0.4, 0.5) is 0 Å². The summed E-state index contributed by atoms with van der Waals surface area (Å²) in [6, 6.07) is 61.9. The predicted molar refractivity (Wildman–Crippen MR) is 239 cm³/mol. The monoisotopic (exact) mass is 916 g/mol. The van der Waals surface area contributed by atoms with E-state index >= 15 is 0 Å². The molecular weight excluding hydrogens is 872 g/mol. The van der Waals surface area contributed by atoms with Crippen LogP contribution in [-0.4, -0.2) is 37.0 Å². The lowest BCUT2D eigenvalue weighted by molar-refractivity contribution is -0.258. The van der Waals surface area contributed by atoms with Gasteiger partial charge in [-0.2, -0.15) is 0 Å². The predicted octanol–water partition coefficient (Wildman–Crippen LogP) is 11.7. The third-order valence-electron chi connectivity index (χ3n) is 16.6. The molecule has 10 aliphatic rings. The summed E-state index contributed by atoms with van der Waals surface area (Å²) in [5.41, 5.74) is 7.63. The first-order valence-corrected chi connectivity index (χ1v) is 23.5. The molecule has 6 aromatic carbocycles. The molecule has 0 radical (unpaired) electrons. The van der Waals surface area contributed by atoms with Crippen LogP contribution >= 0.6 is 31.9 Å². The van der Waals surface area contributed by atoms with Gasteiger partial charge >= 0.3 is 0 Å². The third-order valence-corrected chi connectivity index (χ3v) is 17.6. The minimum Gasteiger partial charge on any atom is -0.348 e. The van der Waals surface area contributed by atoms with Crippen molar-refractivity contribution in [3.8, 4) is 0 Å². The van der Waals surface area contributed by atoms with Gasteiger partial charge in [0.2, 0.25) is 0 Å². The summed E-state index contributed by atoms with van der Waals surface area (Å²) in [5, 5.41) is 0. The molecule has 8 bridgehead atoms. The quantitative estimate of drug-likeness (QED) is 0.167. The molecule has 0 unspecified atom stereocenters. The Bertz CT molecular complexity index is 2330. The van der Waals surface area contributed by atoms with E-state index in [0.717, 1.165) is 47.8 Å². The highest BCUT2D eigenvalue weighted by Crippen LogP contribution is 2.89. The zero-order chi connectivity index (χ0) is 40.0. The summed E-state index contributed by atoms with van der Waals surface area (Å²) in [5.74, 6) is 0.344. The Kier molecular flexibility index (Phi) is 7.86. The molecule has 300 valence electrons. The second kappa shape index (κ2) is 12.8. The lowest BCUT2D eigenvalue weighted by Crippen LogP contribution is -2.55. The highest BCUT2D eigenvalue weighted by Gasteiger charge is 2.98. The fourth-order valence-corrected chi connectivity index (χ4v) is 15.6. The third kappa shape index (κ3) is 4.14. The van der Waals surface area contributed by atoms with Gasteiger partial charge in [-0.05, 0) is 83.3 Å². The summed E-state index contributed by atoms with van der Waals surface area (Å²) >= 11 is 7.24. The summed E-state index contributed by atoms with van der Waals surface area (Å²) < 4.78 is 29.7. The molecule has 2 spiro atoms. The highest BCUT2D eigenvalue weighted by atomic mass is 79.9. The van der Waals surface area contributed by atoms with Crippen LogP contribution in [0, 0.1) is 23.7 Å².